The molecule has 0 atom stereocenters. The molecule has 0 spiro atoms. The lowest BCUT2D eigenvalue weighted by atomic mass is 9.88. The molecule has 0 aliphatic carbocycles. The van der Waals surface area contributed by atoms with E-state index >= 15 is 0 Å². The molecule has 0 radical (unpaired) electrons. The second-order valence-electron chi connectivity index (χ2n) is 6.01. The molecule has 1 nitrogen and oxygen atoms in total. The molecule has 2 aromatic carbocycles. The van der Waals surface area contributed by atoms with Gasteiger partial charge in [0.15, 0.2) is 6.29 Å². The maximum atomic E-state index is 13.5. The predicted molar refractivity (Wildman–Crippen MR) is 85.4 cm³/mol. The second-order valence-corrected chi connectivity index (χ2v) is 6.01. The fraction of sp³-hybridized carbons (Fsp3) is 0.316. The maximum absolute atomic E-state index is 13.5. The third-order valence-electron chi connectivity index (χ3n) is 3.80. The van der Waals surface area contributed by atoms with Crippen LogP contribution in [0.2, 0.25) is 0 Å². The summed E-state index contributed by atoms with van der Waals surface area (Å²) in [6.07, 6.45) is 0.566. The van der Waals surface area contributed by atoms with Crippen LogP contribution in [-0.2, 0) is 0 Å². The summed E-state index contributed by atoms with van der Waals surface area (Å²) >= 11 is 0. The van der Waals surface area contributed by atoms with Gasteiger partial charge in [-0.15, -0.1) is 0 Å². The zero-order chi connectivity index (χ0) is 15.6. The molecule has 0 fully saturated rings. The van der Waals surface area contributed by atoms with Crippen LogP contribution >= 0.6 is 0 Å². The number of halogens is 1. The lowest BCUT2D eigenvalue weighted by molar-refractivity contribution is 0.112. The fourth-order valence-electron chi connectivity index (χ4n) is 2.48. The van der Waals surface area contributed by atoms with Crippen molar-refractivity contribution in [2.45, 2.75) is 39.5 Å². The van der Waals surface area contributed by atoms with Crippen LogP contribution in [0.3, 0.4) is 0 Å². The Bertz CT molecular complexity index is 657. The lowest BCUT2D eigenvalue weighted by Gasteiger charge is -2.17. The van der Waals surface area contributed by atoms with Crippen molar-refractivity contribution >= 4 is 6.29 Å². The Morgan fingerprint density at radius 1 is 0.952 bits per heavy atom. The van der Waals surface area contributed by atoms with Gasteiger partial charge in [0.25, 0.3) is 0 Å². The molecule has 2 rings (SSSR count). The van der Waals surface area contributed by atoms with E-state index in [4.69, 9.17) is 0 Å². The van der Waals surface area contributed by atoms with Crippen molar-refractivity contribution < 1.29 is 9.18 Å². The van der Waals surface area contributed by atoms with E-state index in [1.165, 1.54) is 17.2 Å². The SMILES string of the molecule is CC(C)c1ccc(-c2ccc(F)c(C=O)c2)c(C(C)C)c1. The molecule has 0 N–H and O–H groups in total. The summed E-state index contributed by atoms with van der Waals surface area (Å²) in [5, 5.41) is 0. The first kappa shape index (κ1) is 15.4. The first-order valence-electron chi connectivity index (χ1n) is 7.33. The predicted octanol–water partition coefficient (Wildman–Crippen LogP) is 5.55. The van der Waals surface area contributed by atoms with E-state index in [0.717, 1.165) is 11.1 Å². The Hall–Kier alpha value is -1.96. The van der Waals surface area contributed by atoms with E-state index in [-0.39, 0.29) is 5.56 Å². The summed E-state index contributed by atoms with van der Waals surface area (Å²) in [5.74, 6) is 0.359. The van der Waals surface area contributed by atoms with Crippen molar-refractivity contribution in [2.75, 3.05) is 0 Å². The molecule has 0 saturated carbocycles. The van der Waals surface area contributed by atoms with Crippen LogP contribution in [0.4, 0.5) is 4.39 Å². The van der Waals surface area contributed by atoms with Gasteiger partial charge in [0.05, 0.1) is 5.56 Å². The Morgan fingerprint density at radius 3 is 2.24 bits per heavy atom. The summed E-state index contributed by atoms with van der Waals surface area (Å²) in [7, 11) is 0. The van der Waals surface area contributed by atoms with Crippen LogP contribution < -0.4 is 0 Å². The Kier molecular flexibility index (Phi) is 4.56. The highest BCUT2D eigenvalue weighted by Crippen LogP contribution is 2.32. The highest BCUT2D eigenvalue weighted by Gasteiger charge is 2.12. The molecule has 0 aromatic heterocycles. The van der Waals surface area contributed by atoms with Gasteiger partial charge in [0.2, 0.25) is 0 Å². The second kappa shape index (κ2) is 6.21. The summed E-state index contributed by atoms with van der Waals surface area (Å²) < 4.78 is 13.5. The molecule has 0 bridgehead atoms. The molecule has 2 aromatic rings. The largest absolute Gasteiger partial charge is 0.298 e. The molecule has 0 heterocycles. The molecule has 2 heteroatoms. The molecule has 21 heavy (non-hydrogen) atoms. The zero-order valence-electron chi connectivity index (χ0n) is 13.0. The highest BCUT2D eigenvalue weighted by molar-refractivity contribution is 5.80. The average Bonchev–Trinajstić information content (AvgIpc) is 2.47. The van der Waals surface area contributed by atoms with Gasteiger partial charge in [-0.2, -0.15) is 0 Å². The molecule has 110 valence electrons. The molecule has 0 aliphatic heterocycles. The van der Waals surface area contributed by atoms with Gasteiger partial charge >= 0.3 is 0 Å². The van der Waals surface area contributed by atoms with Gasteiger partial charge in [-0.05, 0) is 46.2 Å². The lowest BCUT2D eigenvalue weighted by Crippen LogP contribution is -1.98. The van der Waals surface area contributed by atoms with Crippen LogP contribution in [0.5, 0.6) is 0 Å². The van der Waals surface area contributed by atoms with E-state index < -0.39 is 5.82 Å². The zero-order valence-corrected chi connectivity index (χ0v) is 13.0. The first-order chi connectivity index (χ1) is 9.93. The highest BCUT2D eigenvalue weighted by atomic mass is 19.1. The van der Waals surface area contributed by atoms with Crippen molar-refractivity contribution in [3.63, 3.8) is 0 Å². The quantitative estimate of drug-likeness (QED) is 0.672. The van der Waals surface area contributed by atoms with E-state index in [1.54, 1.807) is 12.1 Å². The van der Waals surface area contributed by atoms with E-state index in [1.807, 2.05) is 0 Å². The van der Waals surface area contributed by atoms with Crippen LogP contribution in [0, 0.1) is 5.82 Å². The number of hydrogen-bond acceptors (Lipinski definition) is 1. The minimum Gasteiger partial charge on any atom is -0.298 e. The molecule has 0 amide bonds. The Morgan fingerprint density at radius 2 is 1.67 bits per heavy atom. The monoisotopic (exact) mass is 284 g/mol. The van der Waals surface area contributed by atoms with E-state index in [0.29, 0.717) is 18.1 Å². The van der Waals surface area contributed by atoms with Crippen LogP contribution in [0.15, 0.2) is 36.4 Å². The van der Waals surface area contributed by atoms with Gasteiger partial charge < -0.3 is 0 Å². The molecular weight excluding hydrogens is 263 g/mol. The number of carbonyl (C=O) groups is 1. The minimum absolute atomic E-state index is 0.107. The summed E-state index contributed by atoms with van der Waals surface area (Å²) in [5.41, 5.74) is 4.58. The average molecular weight is 284 g/mol. The van der Waals surface area contributed by atoms with Crippen LogP contribution in [-0.4, -0.2) is 6.29 Å². The molecule has 0 unspecified atom stereocenters. The topological polar surface area (TPSA) is 17.1 Å². The van der Waals surface area contributed by atoms with Gasteiger partial charge in [-0.1, -0.05) is 52.0 Å². The smallest absolute Gasteiger partial charge is 0.153 e. The normalized spacial score (nSPS) is 11.2. The summed E-state index contributed by atoms with van der Waals surface area (Å²) in [6, 6.07) is 11.1. The van der Waals surface area contributed by atoms with Crippen molar-refractivity contribution in [1.82, 2.24) is 0 Å². The minimum atomic E-state index is -0.473. The fourth-order valence-corrected chi connectivity index (χ4v) is 2.48. The molecule has 0 saturated heterocycles. The Balaban J connectivity index is 2.60. The van der Waals surface area contributed by atoms with Gasteiger partial charge in [-0.3, -0.25) is 4.79 Å². The van der Waals surface area contributed by atoms with Crippen molar-refractivity contribution in [3.05, 3.63) is 58.9 Å². The van der Waals surface area contributed by atoms with Crippen LogP contribution in [0.1, 0.15) is 61.0 Å². The first-order valence-corrected chi connectivity index (χ1v) is 7.33. The van der Waals surface area contributed by atoms with Gasteiger partial charge in [0.1, 0.15) is 5.82 Å². The third kappa shape index (κ3) is 3.21. The number of benzene rings is 2. The van der Waals surface area contributed by atoms with Crippen molar-refractivity contribution in [2.24, 2.45) is 0 Å². The van der Waals surface area contributed by atoms with Crippen molar-refractivity contribution in [1.29, 1.82) is 0 Å². The van der Waals surface area contributed by atoms with Gasteiger partial charge in [0, 0.05) is 0 Å². The number of rotatable bonds is 4. The number of hydrogen-bond donors (Lipinski definition) is 0. The number of aldehydes is 1. The maximum Gasteiger partial charge on any atom is 0.153 e. The van der Waals surface area contributed by atoms with E-state index in [2.05, 4.69) is 45.9 Å². The standard InChI is InChI=1S/C19H21FO/c1-12(2)14-5-7-17(18(10-14)13(3)4)15-6-8-19(20)16(9-15)11-21/h5-13H,1-4H3. The molecule has 0 aliphatic rings. The van der Waals surface area contributed by atoms with Crippen LogP contribution in [0.25, 0.3) is 11.1 Å². The number of carbonyl (C=O) groups excluding carboxylic acids is 1. The third-order valence-corrected chi connectivity index (χ3v) is 3.80. The Labute approximate surface area is 125 Å². The summed E-state index contributed by atoms with van der Waals surface area (Å²) in [4.78, 5) is 10.9. The van der Waals surface area contributed by atoms with E-state index in [9.17, 15) is 9.18 Å². The van der Waals surface area contributed by atoms with Crippen molar-refractivity contribution in [3.8, 4) is 11.1 Å². The van der Waals surface area contributed by atoms with Gasteiger partial charge in [-0.25, -0.2) is 4.39 Å². The summed E-state index contributed by atoms with van der Waals surface area (Å²) in [6.45, 7) is 8.63. The molecular formula is C19H21FO.